The zero-order valence-electron chi connectivity index (χ0n) is 10.7. The Balaban J connectivity index is 2.03. The molecule has 0 radical (unpaired) electrons. The third kappa shape index (κ3) is 1.93. The molecular weight excluding hydrogens is 224 g/mol. The zero-order valence-corrected chi connectivity index (χ0v) is 10.7. The lowest BCUT2D eigenvalue weighted by molar-refractivity contribution is 0.300. The number of rotatable bonds is 2. The van der Waals surface area contributed by atoms with Crippen LogP contribution in [0.25, 0.3) is 11.1 Å². The van der Waals surface area contributed by atoms with Gasteiger partial charge in [0, 0.05) is 6.54 Å². The van der Waals surface area contributed by atoms with Crippen molar-refractivity contribution in [2.75, 3.05) is 6.54 Å². The van der Waals surface area contributed by atoms with Crippen molar-refractivity contribution in [2.24, 2.45) is 5.73 Å². The van der Waals surface area contributed by atoms with Crippen LogP contribution < -0.4 is 5.73 Å². The molecule has 2 N–H and O–H groups in total. The van der Waals surface area contributed by atoms with Crippen molar-refractivity contribution in [1.82, 2.24) is 4.98 Å². The second-order valence-corrected chi connectivity index (χ2v) is 5.39. The maximum Gasteiger partial charge on any atom is 0.202 e. The van der Waals surface area contributed by atoms with E-state index >= 15 is 0 Å². The molecule has 18 heavy (non-hydrogen) atoms. The molecule has 1 aliphatic carbocycles. The van der Waals surface area contributed by atoms with Crippen molar-refractivity contribution >= 4 is 11.1 Å². The second-order valence-electron chi connectivity index (χ2n) is 5.39. The predicted molar refractivity (Wildman–Crippen MR) is 72.4 cm³/mol. The van der Waals surface area contributed by atoms with Gasteiger partial charge in [0.05, 0.1) is 5.41 Å². The van der Waals surface area contributed by atoms with Gasteiger partial charge in [-0.15, -0.1) is 0 Å². The van der Waals surface area contributed by atoms with Crippen LogP contribution in [0.5, 0.6) is 0 Å². The van der Waals surface area contributed by atoms with E-state index in [0.717, 1.165) is 29.8 Å². The van der Waals surface area contributed by atoms with Gasteiger partial charge >= 0.3 is 0 Å². The molecule has 0 saturated heterocycles. The highest BCUT2D eigenvalue weighted by molar-refractivity contribution is 5.72. The average Bonchev–Trinajstić information content (AvgIpc) is 2.70. The quantitative estimate of drug-likeness (QED) is 0.824. The first kappa shape index (κ1) is 11.7. The van der Waals surface area contributed by atoms with Crippen LogP contribution in [0.2, 0.25) is 0 Å². The molecule has 0 unspecified atom stereocenters. The van der Waals surface area contributed by atoms with Crippen LogP contribution in [0.4, 0.5) is 0 Å². The number of hydrogen-bond acceptors (Lipinski definition) is 3. The summed E-state index contributed by atoms with van der Waals surface area (Å²) in [6, 6.07) is 7.96. The summed E-state index contributed by atoms with van der Waals surface area (Å²) in [7, 11) is 0. The minimum absolute atomic E-state index is 0.0322. The minimum atomic E-state index is -0.0322. The molecule has 2 aromatic rings. The van der Waals surface area contributed by atoms with Crippen molar-refractivity contribution in [3.63, 3.8) is 0 Å². The first-order valence-electron chi connectivity index (χ1n) is 6.90. The monoisotopic (exact) mass is 244 g/mol. The third-order valence-corrected chi connectivity index (χ3v) is 4.20. The van der Waals surface area contributed by atoms with Gasteiger partial charge in [-0.2, -0.15) is 0 Å². The normalized spacial score (nSPS) is 19.8. The molecule has 1 aliphatic rings. The van der Waals surface area contributed by atoms with Gasteiger partial charge in [0.1, 0.15) is 5.52 Å². The van der Waals surface area contributed by atoms with Gasteiger partial charge in [-0.1, -0.05) is 37.8 Å². The van der Waals surface area contributed by atoms with Crippen LogP contribution in [0.15, 0.2) is 28.7 Å². The summed E-state index contributed by atoms with van der Waals surface area (Å²) >= 11 is 0. The van der Waals surface area contributed by atoms with Gasteiger partial charge in [-0.05, 0) is 25.0 Å². The van der Waals surface area contributed by atoms with Crippen LogP contribution in [-0.2, 0) is 5.41 Å². The van der Waals surface area contributed by atoms with Crippen LogP contribution in [-0.4, -0.2) is 11.5 Å². The predicted octanol–water partition coefficient (Wildman–Crippen LogP) is 3.38. The Bertz CT molecular complexity index is 491. The van der Waals surface area contributed by atoms with Gasteiger partial charge in [-0.25, -0.2) is 4.98 Å². The number of aromatic nitrogens is 1. The molecule has 0 amide bonds. The van der Waals surface area contributed by atoms with E-state index in [-0.39, 0.29) is 5.41 Å². The molecule has 96 valence electrons. The zero-order chi connectivity index (χ0) is 12.4. The fourth-order valence-corrected chi connectivity index (χ4v) is 3.01. The van der Waals surface area contributed by atoms with E-state index < -0.39 is 0 Å². The molecule has 1 aromatic carbocycles. The highest BCUT2D eigenvalue weighted by Gasteiger charge is 2.36. The van der Waals surface area contributed by atoms with Gasteiger partial charge < -0.3 is 10.2 Å². The number of oxazole rings is 1. The van der Waals surface area contributed by atoms with Gasteiger partial charge in [0.25, 0.3) is 0 Å². The second kappa shape index (κ2) is 4.73. The summed E-state index contributed by atoms with van der Waals surface area (Å²) in [5, 5.41) is 0. The fourth-order valence-electron chi connectivity index (χ4n) is 3.01. The highest BCUT2D eigenvalue weighted by atomic mass is 16.3. The SMILES string of the molecule is NCC1(c2nc3ccccc3o2)CCCCCC1. The van der Waals surface area contributed by atoms with Crippen LogP contribution in [0, 0.1) is 0 Å². The fraction of sp³-hybridized carbons (Fsp3) is 0.533. The van der Waals surface area contributed by atoms with Crippen molar-refractivity contribution in [3.8, 4) is 0 Å². The van der Waals surface area contributed by atoms with Gasteiger partial charge in [0.15, 0.2) is 5.58 Å². The lowest BCUT2D eigenvalue weighted by atomic mass is 9.80. The van der Waals surface area contributed by atoms with Crippen LogP contribution >= 0.6 is 0 Å². The first-order valence-corrected chi connectivity index (χ1v) is 6.90. The number of nitrogens with zero attached hydrogens (tertiary/aromatic N) is 1. The van der Waals surface area contributed by atoms with E-state index in [1.807, 2.05) is 24.3 Å². The molecule has 0 atom stereocenters. The summed E-state index contributed by atoms with van der Waals surface area (Å²) in [6.07, 6.45) is 7.29. The molecular formula is C15H20N2O. The van der Waals surface area contributed by atoms with Crippen molar-refractivity contribution in [3.05, 3.63) is 30.2 Å². The van der Waals surface area contributed by atoms with E-state index in [0.29, 0.717) is 6.54 Å². The summed E-state index contributed by atoms with van der Waals surface area (Å²) in [5.41, 5.74) is 7.86. The minimum Gasteiger partial charge on any atom is -0.440 e. The first-order chi connectivity index (χ1) is 8.84. The Morgan fingerprint density at radius 2 is 1.83 bits per heavy atom. The molecule has 0 bridgehead atoms. The summed E-state index contributed by atoms with van der Waals surface area (Å²) in [5.74, 6) is 0.855. The van der Waals surface area contributed by atoms with E-state index in [4.69, 9.17) is 10.2 Å². The Morgan fingerprint density at radius 3 is 2.50 bits per heavy atom. The van der Waals surface area contributed by atoms with Crippen LogP contribution in [0.1, 0.15) is 44.4 Å². The molecule has 3 rings (SSSR count). The largest absolute Gasteiger partial charge is 0.440 e. The van der Waals surface area contributed by atoms with Crippen molar-refractivity contribution < 1.29 is 4.42 Å². The summed E-state index contributed by atoms with van der Waals surface area (Å²) < 4.78 is 5.97. The van der Waals surface area contributed by atoms with E-state index in [1.54, 1.807) is 0 Å². The summed E-state index contributed by atoms with van der Waals surface area (Å²) in [6.45, 7) is 0.639. The molecule has 1 heterocycles. The topological polar surface area (TPSA) is 52.0 Å². The van der Waals surface area contributed by atoms with E-state index in [1.165, 1.54) is 25.7 Å². The highest BCUT2D eigenvalue weighted by Crippen LogP contribution is 2.38. The van der Waals surface area contributed by atoms with Crippen molar-refractivity contribution in [2.45, 2.75) is 43.9 Å². The molecule has 3 nitrogen and oxygen atoms in total. The molecule has 3 heteroatoms. The number of para-hydroxylation sites is 2. The Morgan fingerprint density at radius 1 is 1.11 bits per heavy atom. The van der Waals surface area contributed by atoms with E-state index in [2.05, 4.69) is 4.98 Å². The van der Waals surface area contributed by atoms with Gasteiger partial charge in [-0.3, -0.25) is 0 Å². The average molecular weight is 244 g/mol. The molecule has 1 saturated carbocycles. The Hall–Kier alpha value is -1.35. The smallest absolute Gasteiger partial charge is 0.202 e. The summed E-state index contributed by atoms with van der Waals surface area (Å²) in [4.78, 5) is 4.67. The van der Waals surface area contributed by atoms with Crippen LogP contribution in [0.3, 0.4) is 0 Å². The Labute approximate surface area is 107 Å². The van der Waals surface area contributed by atoms with Crippen molar-refractivity contribution in [1.29, 1.82) is 0 Å². The number of hydrogen-bond donors (Lipinski definition) is 1. The molecule has 0 aliphatic heterocycles. The standard InChI is InChI=1S/C15H20N2O/c16-11-15(9-5-1-2-6-10-15)14-17-12-7-3-4-8-13(12)18-14/h3-4,7-8H,1-2,5-6,9-11,16H2. The molecule has 1 aromatic heterocycles. The van der Waals surface area contributed by atoms with Gasteiger partial charge in [0.2, 0.25) is 5.89 Å². The lowest BCUT2D eigenvalue weighted by Gasteiger charge is -2.27. The maximum atomic E-state index is 6.06. The molecule has 1 fully saturated rings. The van der Waals surface area contributed by atoms with E-state index in [9.17, 15) is 0 Å². The molecule has 0 spiro atoms. The maximum absolute atomic E-state index is 6.06. The number of fused-ring (bicyclic) bond motifs is 1. The number of nitrogens with two attached hydrogens (primary N) is 1. The number of benzene rings is 1. The lowest BCUT2D eigenvalue weighted by Crippen LogP contribution is -2.35. The Kier molecular flexibility index (Phi) is 3.08. The third-order valence-electron chi connectivity index (χ3n) is 4.20.